The van der Waals surface area contributed by atoms with Crippen molar-refractivity contribution in [2.24, 2.45) is 0 Å². The number of hydrogen-bond donors (Lipinski definition) is 1. The molecule has 1 N–H and O–H groups in total. The number of piperazine rings is 1. The molecular weight excluding hydrogens is 378 g/mol. The number of methoxy groups -OCH3 is 1. The van der Waals surface area contributed by atoms with Gasteiger partial charge in [0.15, 0.2) is 6.04 Å². The van der Waals surface area contributed by atoms with E-state index >= 15 is 0 Å². The van der Waals surface area contributed by atoms with Gasteiger partial charge in [-0.2, -0.15) is 0 Å². The van der Waals surface area contributed by atoms with E-state index in [4.69, 9.17) is 4.74 Å². The number of nitrogens with one attached hydrogen (secondary N) is 1. The van der Waals surface area contributed by atoms with Crippen LogP contribution in [-0.2, 0) is 11.3 Å². The molecule has 0 saturated carbocycles. The van der Waals surface area contributed by atoms with E-state index in [2.05, 4.69) is 69.6 Å². The molecule has 1 aromatic carbocycles. The van der Waals surface area contributed by atoms with E-state index < -0.39 is 0 Å². The Labute approximate surface area is 177 Å². The van der Waals surface area contributed by atoms with Gasteiger partial charge in [-0.3, -0.25) is 4.98 Å². The summed E-state index contributed by atoms with van der Waals surface area (Å²) in [6.07, 6.45) is 3.69. The van der Waals surface area contributed by atoms with Crippen LogP contribution in [0.5, 0.6) is 0 Å². The monoisotopic (exact) mass is 408 g/mol. The second-order valence-electron chi connectivity index (χ2n) is 7.83. The van der Waals surface area contributed by atoms with Crippen molar-refractivity contribution in [1.29, 1.82) is 0 Å². The van der Waals surface area contributed by atoms with Crippen molar-refractivity contribution in [2.75, 3.05) is 44.8 Å². The highest BCUT2D eigenvalue weighted by atomic mass is 16.5. The maximum Gasteiger partial charge on any atom is 0.214 e. The zero-order valence-electron chi connectivity index (χ0n) is 18.0. The number of aryl methyl sites for hydroxylation is 1. The van der Waals surface area contributed by atoms with Gasteiger partial charge in [0.1, 0.15) is 0 Å². The maximum atomic E-state index is 5.25. The van der Waals surface area contributed by atoms with Crippen LogP contribution in [0.25, 0.3) is 0 Å². The summed E-state index contributed by atoms with van der Waals surface area (Å²) in [5, 5.41) is 12.6. The molecule has 0 unspecified atom stereocenters. The van der Waals surface area contributed by atoms with Crippen molar-refractivity contribution in [3.05, 3.63) is 65.2 Å². The molecule has 158 valence electrons. The molecule has 8 heteroatoms. The molecule has 0 spiro atoms. The summed E-state index contributed by atoms with van der Waals surface area (Å²) >= 11 is 0. The average Bonchev–Trinajstić information content (AvgIpc) is 3.24. The van der Waals surface area contributed by atoms with E-state index in [0.29, 0.717) is 13.2 Å². The van der Waals surface area contributed by atoms with Gasteiger partial charge in [0.25, 0.3) is 0 Å². The average molecular weight is 409 g/mol. The van der Waals surface area contributed by atoms with E-state index in [9.17, 15) is 0 Å². The molecule has 4 rings (SSSR count). The fraction of sp³-hybridized carbons (Fsp3) is 0.455. The lowest BCUT2D eigenvalue weighted by Gasteiger charge is -2.38. The molecule has 3 aromatic rings. The summed E-state index contributed by atoms with van der Waals surface area (Å²) in [5.74, 6) is 0.883. The van der Waals surface area contributed by atoms with Crippen LogP contribution in [0.4, 0.5) is 5.69 Å². The van der Waals surface area contributed by atoms with Gasteiger partial charge < -0.3 is 14.5 Å². The second kappa shape index (κ2) is 9.32. The molecular formula is C22H30N7O+. The molecule has 0 bridgehead atoms. The minimum absolute atomic E-state index is 0.0700. The third kappa shape index (κ3) is 4.20. The van der Waals surface area contributed by atoms with E-state index in [1.807, 2.05) is 17.1 Å². The molecule has 30 heavy (non-hydrogen) atoms. The number of nitrogens with zero attached hydrogens (tertiary/aromatic N) is 6. The van der Waals surface area contributed by atoms with Gasteiger partial charge in [0.2, 0.25) is 5.82 Å². The third-order valence-electron chi connectivity index (χ3n) is 6.10. The van der Waals surface area contributed by atoms with Crippen LogP contribution in [-0.4, -0.2) is 65.1 Å². The number of aromatic nitrogens is 5. The van der Waals surface area contributed by atoms with Gasteiger partial charge >= 0.3 is 0 Å². The van der Waals surface area contributed by atoms with E-state index in [-0.39, 0.29) is 6.04 Å². The Morgan fingerprint density at radius 1 is 1.10 bits per heavy atom. The van der Waals surface area contributed by atoms with Crippen molar-refractivity contribution in [3.63, 3.8) is 0 Å². The largest absolute Gasteiger partial charge is 0.383 e. The number of ether oxygens (including phenoxy) is 1. The second-order valence-corrected chi connectivity index (χ2v) is 7.83. The summed E-state index contributed by atoms with van der Waals surface area (Å²) in [5.41, 5.74) is 5.25. The fourth-order valence-electron chi connectivity index (χ4n) is 4.28. The number of hydrogen-bond acceptors (Lipinski definition) is 6. The zero-order valence-corrected chi connectivity index (χ0v) is 18.0. The molecule has 3 heterocycles. The van der Waals surface area contributed by atoms with Crippen LogP contribution in [0.1, 0.15) is 28.6 Å². The SMILES string of the molecule is COCCn1nnnc1[C@@H](c1ccncc1)[NH+]1CCN(c2cccc(C)c2C)CC1. The molecule has 0 aliphatic carbocycles. The Morgan fingerprint density at radius 2 is 1.87 bits per heavy atom. The van der Waals surface area contributed by atoms with Gasteiger partial charge in [-0.25, -0.2) is 4.68 Å². The normalized spacial score (nSPS) is 16.0. The van der Waals surface area contributed by atoms with Crippen LogP contribution in [0.2, 0.25) is 0 Å². The Kier molecular flexibility index (Phi) is 6.35. The number of quaternary nitrogens is 1. The minimum atomic E-state index is 0.0700. The van der Waals surface area contributed by atoms with Crippen LogP contribution < -0.4 is 9.80 Å². The number of benzene rings is 1. The molecule has 1 aliphatic rings. The van der Waals surface area contributed by atoms with Crippen molar-refractivity contribution in [1.82, 2.24) is 25.2 Å². The first-order valence-corrected chi connectivity index (χ1v) is 10.5. The highest BCUT2D eigenvalue weighted by Gasteiger charge is 2.34. The van der Waals surface area contributed by atoms with Crippen LogP contribution in [0, 0.1) is 13.8 Å². The number of pyridine rings is 1. The molecule has 1 saturated heterocycles. The molecule has 0 amide bonds. The first-order chi connectivity index (χ1) is 14.7. The lowest BCUT2D eigenvalue weighted by Crippen LogP contribution is -3.15. The smallest absolute Gasteiger partial charge is 0.214 e. The summed E-state index contributed by atoms with van der Waals surface area (Å²) in [4.78, 5) is 8.17. The highest BCUT2D eigenvalue weighted by molar-refractivity contribution is 5.56. The van der Waals surface area contributed by atoms with Gasteiger partial charge in [0.05, 0.1) is 39.3 Å². The van der Waals surface area contributed by atoms with Gasteiger partial charge in [-0.15, -0.1) is 5.10 Å². The van der Waals surface area contributed by atoms with Crippen LogP contribution in [0.3, 0.4) is 0 Å². The third-order valence-corrected chi connectivity index (χ3v) is 6.10. The summed E-state index contributed by atoms with van der Waals surface area (Å²) in [6.45, 7) is 9.64. The highest BCUT2D eigenvalue weighted by Crippen LogP contribution is 2.23. The minimum Gasteiger partial charge on any atom is -0.383 e. The molecule has 8 nitrogen and oxygen atoms in total. The quantitative estimate of drug-likeness (QED) is 0.624. The predicted octanol–water partition coefficient (Wildman–Crippen LogP) is 0.826. The Balaban J connectivity index is 1.57. The van der Waals surface area contributed by atoms with E-state index in [0.717, 1.165) is 32.0 Å². The first kappa shape index (κ1) is 20.4. The van der Waals surface area contributed by atoms with Crippen LogP contribution >= 0.6 is 0 Å². The molecule has 0 radical (unpaired) electrons. The summed E-state index contributed by atoms with van der Waals surface area (Å²) < 4.78 is 7.12. The zero-order chi connectivity index (χ0) is 20.9. The van der Waals surface area contributed by atoms with Gasteiger partial charge in [-0.05, 0) is 53.6 Å². The Morgan fingerprint density at radius 3 is 2.60 bits per heavy atom. The fourth-order valence-corrected chi connectivity index (χ4v) is 4.28. The standard InChI is InChI=1S/C22H29N7O/c1-17-5-4-6-20(18(17)2)27-11-13-28(14-12-27)21(19-7-9-23-10-8-19)22-24-25-26-29(22)15-16-30-3/h4-10,21H,11-16H2,1-3H3/p+1/t21-/m1/s1. The summed E-state index contributed by atoms with van der Waals surface area (Å²) in [6, 6.07) is 10.8. The van der Waals surface area contributed by atoms with Crippen molar-refractivity contribution < 1.29 is 9.64 Å². The lowest BCUT2D eigenvalue weighted by molar-refractivity contribution is -0.927. The van der Waals surface area contributed by atoms with Gasteiger partial charge in [0, 0.05) is 30.8 Å². The first-order valence-electron chi connectivity index (χ1n) is 10.5. The predicted molar refractivity (Wildman–Crippen MR) is 115 cm³/mol. The van der Waals surface area contributed by atoms with Crippen molar-refractivity contribution in [2.45, 2.75) is 26.4 Å². The van der Waals surface area contributed by atoms with Crippen molar-refractivity contribution >= 4 is 5.69 Å². The molecule has 1 atom stereocenters. The van der Waals surface area contributed by atoms with E-state index in [1.54, 1.807) is 7.11 Å². The maximum absolute atomic E-state index is 5.25. The molecule has 2 aromatic heterocycles. The number of anilines is 1. The summed E-state index contributed by atoms with van der Waals surface area (Å²) in [7, 11) is 1.70. The Hall–Kier alpha value is -2.84. The lowest BCUT2D eigenvalue weighted by atomic mass is 10.0. The number of rotatable bonds is 7. The van der Waals surface area contributed by atoms with E-state index in [1.165, 1.54) is 27.3 Å². The van der Waals surface area contributed by atoms with Crippen molar-refractivity contribution in [3.8, 4) is 0 Å². The Bertz CT molecular complexity index is 951. The topological polar surface area (TPSA) is 73.4 Å². The molecule has 1 fully saturated rings. The van der Waals surface area contributed by atoms with Crippen LogP contribution in [0.15, 0.2) is 42.7 Å². The number of tetrazole rings is 1. The molecule has 1 aliphatic heterocycles. The van der Waals surface area contributed by atoms with Gasteiger partial charge in [-0.1, -0.05) is 12.1 Å².